The summed E-state index contributed by atoms with van der Waals surface area (Å²) in [6, 6.07) is 0. The molecule has 1 N–H and O–H groups in total. The second kappa shape index (κ2) is 4.63. The third-order valence-corrected chi connectivity index (χ3v) is 3.97. The summed E-state index contributed by atoms with van der Waals surface area (Å²) in [7, 11) is 0. The molecule has 0 saturated heterocycles. The van der Waals surface area contributed by atoms with Crippen LogP contribution in [0.2, 0.25) is 0 Å². The van der Waals surface area contributed by atoms with Crippen LogP contribution < -0.4 is 0 Å². The first-order valence-electron chi connectivity index (χ1n) is 6.12. The van der Waals surface area contributed by atoms with Crippen molar-refractivity contribution in [2.45, 2.75) is 57.7 Å². The van der Waals surface area contributed by atoms with E-state index in [4.69, 9.17) is 4.74 Å². The van der Waals surface area contributed by atoms with Crippen molar-refractivity contribution in [3.05, 3.63) is 0 Å². The third-order valence-electron chi connectivity index (χ3n) is 3.97. The van der Waals surface area contributed by atoms with Gasteiger partial charge in [0.1, 0.15) is 0 Å². The molecular formula is C12H22O2. The maximum atomic E-state index is 9.93. The SMILES string of the molecule is CCO[C@H]1CC[C@@H](O)[C@H]2CCCC[C@@H]21. The first-order valence-corrected chi connectivity index (χ1v) is 6.12. The van der Waals surface area contributed by atoms with Crippen LogP contribution in [0.4, 0.5) is 0 Å². The van der Waals surface area contributed by atoms with Crippen molar-refractivity contribution in [3.8, 4) is 0 Å². The van der Waals surface area contributed by atoms with Crippen molar-refractivity contribution in [2.24, 2.45) is 11.8 Å². The third kappa shape index (κ3) is 1.96. The lowest BCUT2D eigenvalue weighted by Crippen LogP contribution is -2.43. The van der Waals surface area contributed by atoms with Gasteiger partial charge < -0.3 is 9.84 Å². The van der Waals surface area contributed by atoms with Crippen LogP contribution in [0.25, 0.3) is 0 Å². The van der Waals surface area contributed by atoms with Crippen LogP contribution in [-0.4, -0.2) is 23.9 Å². The lowest BCUT2D eigenvalue weighted by Gasteiger charge is -2.43. The predicted molar refractivity (Wildman–Crippen MR) is 56.1 cm³/mol. The van der Waals surface area contributed by atoms with E-state index in [0.29, 0.717) is 17.9 Å². The molecule has 0 aromatic rings. The molecule has 0 aromatic carbocycles. The van der Waals surface area contributed by atoms with E-state index in [9.17, 15) is 5.11 Å². The predicted octanol–water partition coefficient (Wildman–Crippen LogP) is 2.35. The Balaban J connectivity index is 2.00. The summed E-state index contributed by atoms with van der Waals surface area (Å²) in [4.78, 5) is 0. The maximum Gasteiger partial charge on any atom is 0.0607 e. The molecule has 82 valence electrons. The highest BCUT2D eigenvalue weighted by atomic mass is 16.5. The second-order valence-corrected chi connectivity index (χ2v) is 4.75. The molecule has 0 radical (unpaired) electrons. The summed E-state index contributed by atoms with van der Waals surface area (Å²) in [5, 5.41) is 9.93. The zero-order valence-corrected chi connectivity index (χ0v) is 9.11. The number of aliphatic hydroxyl groups excluding tert-OH is 1. The van der Waals surface area contributed by atoms with Crippen molar-refractivity contribution in [1.82, 2.24) is 0 Å². The van der Waals surface area contributed by atoms with Crippen LogP contribution in [-0.2, 0) is 4.74 Å². The largest absolute Gasteiger partial charge is 0.393 e. The van der Waals surface area contributed by atoms with Gasteiger partial charge in [-0.05, 0) is 44.4 Å². The Labute approximate surface area is 86.6 Å². The Morgan fingerprint density at radius 1 is 1.07 bits per heavy atom. The molecule has 2 nitrogen and oxygen atoms in total. The van der Waals surface area contributed by atoms with Gasteiger partial charge in [-0.3, -0.25) is 0 Å². The lowest BCUT2D eigenvalue weighted by atomic mass is 9.68. The van der Waals surface area contributed by atoms with Crippen molar-refractivity contribution in [3.63, 3.8) is 0 Å². The molecule has 0 spiro atoms. The summed E-state index contributed by atoms with van der Waals surface area (Å²) >= 11 is 0. The molecule has 2 aliphatic rings. The van der Waals surface area contributed by atoms with Gasteiger partial charge in [0.2, 0.25) is 0 Å². The molecule has 2 heteroatoms. The Kier molecular flexibility index (Phi) is 3.45. The van der Waals surface area contributed by atoms with Gasteiger partial charge in [0.25, 0.3) is 0 Å². The van der Waals surface area contributed by atoms with E-state index in [0.717, 1.165) is 19.4 Å². The van der Waals surface area contributed by atoms with E-state index in [2.05, 4.69) is 6.92 Å². The number of aliphatic hydroxyl groups is 1. The van der Waals surface area contributed by atoms with Crippen molar-refractivity contribution >= 4 is 0 Å². The average molecular weight is 198 g/mol. The Morgan fingerprint density at radius 2 is 1.79 bits per heavy atom. The van der Waals surface area contributed by atoms with E-state index in [1.165, 1.54) is 25.7 Å². The highest BCUT2D eigenvalue weighted by Crippen LogP contribution is 2.41. The standard InChI is InChI=1S/C12H22O2/c1-2-14-12-8-7-11(13)9-5-3-4-6-10(9)12/h9-13H,2-8H2,1H3/t9-,10-,11+,12-/m0/s1. The molecule has 0 amide bonds. The fraction of sp³-hybridized carbons (Fsp3) is 1.00. The normalized spacial score (nSPS) is 43.3. The topological polar surface area (TPSA) is 29.5 Å². The summed E-state index contributed by atoms with van der Waals surface area (Å²) in [6.45, 7) is 2.90. The van der Waals surface area contributed by atoms with Crippen molar-refractivity contribution < 1.29 is 9.84 Å². The number of rotatable bonds is 2. The Morgan fingerprint density at radius 3 is 2.50 bits per heavy atom. The second-order valence-electron chi connectivity index (χ2n) is 4.75. The molecule has 0 heterocycles. The lowest BCUT2D eigenvalue weighted by molar-refractivity contribution is -0.0892. The number of hydrogen-bond donors (Lipinski definition) is 1. The zero-order valence-electron chi connectivity index (χ0n) is 9.11. The summed E-state index contributed by atoms with van der Waals surface area (Å²) in [6.07, 6.45) is 7.53. The van der Waals surface area contributed by atoms with Gasteiger partial charge >= 0.3 is 0 Å². The number of hydrogen-bond acceptors (Lipinski definition) is 2. The van der Waals surface area contributed by atoms with Crippen LogP contribution in [0.15, 0.2) is 0 Å². The van der Waals surface area contributed by atoms with Crippen LogP contribution in [0.3, 0.4) is 0 Å². The molecule has 0 bridgehead atoms. The van der Waals surface area contributed by atoms with Crippen LogP contribution in [0.5, 0.6) is 0 Å². The van der Waals surface area contributed by atoms with E-state index < -0.39 is 0 Å². The van der Waals surface area contributed by atoms with Gasteiger partial charge in [-0.25, -0.2) is 0 Å². The number of ether oxygens (including phenoxy) is 1. The fourth-order valence-corrected chi connectivity index (χ4v) is 3.31. The Hall–Kier alpha value is -0.0800. The Bertz CT molecular complexity index is 181. The minimum atomic E-state index is -0.0444. The van der Waals surface area contributed by atoms with Gasteiger partial charge in [-0.15, -0.1) is 0 Å². The minimum Gasteiger partial charge on any atom is -0.393 e. The van der Waals surface area contributed by atoms with Crippen molar-refractivity contribution in [2.75, 3.05) is 6.61 Å². The van der Waals surface area contributed by atoms with Crippen molar-refractivity contribution in [1.29, 1.82) is 0 Å². The average Bonchev–Trinajstić information content (AvgIpc) is 2.23. The highest BCUT2D eigenvalue weighted by molar-refractivity contribution is 4.90. The van der Waals surface area contributed by atoms with Crippen LogP contribution in [0.1, 0.15) is 45.4 Å². The van der Waals surface area contributed by atoms with E-state index in [1.54, 1.807) is 0 Å². The fourth-order valence-electron chi connectivity index (χ4n) is 3.31. The molecule has 0 aliphatic heterocycles. The molecular weight excluding hydrogens is 176 g/mol. The molecule has 0 aromatic heterocycles. The molecule has 0 unspecified atom stereocenters. The first-order chi connectivity index (χ1) is 6.83. The maximum absolute atomic E-state index is 9.93. The zero-order chi connectivity index (χ0) is 9.97. The highest BCUT2D eigenvalue weighted by Gasteiger charge is 2.40. The molecule has 2 rings (SSSR count). The van der Waals surface area contributed by atoms with E-state index in [1.807, 2.05) is 0 Å². The monoisotopic (exact) mass is 198 g/mol. The number of fused-ring (bicyclic) bond motifs is 1. The molecule has 4 atom stereocenters. The van der Waals surface area contributed by atoms with Gasteiger partial charge in [0, 0.05) is 6.61 Å². The molecule has 2 saturated carbocycles. The quantitative estimate of drug-likeness (QED) is 0.738. The molecule has 2 aliphatic carbocycles. The summed E-state index contributed by atoms with van der Waals surface area (Å²) in [5.41, 5.74) is 0. The summed E-state index contributed by atoms with van der Waals surface area (Å²) in [5.74, 6) is 1.18. The van der Waals surface area contributed by atoms with Gasteiger partial charge in [0.05, 0.1) is 12.2 Å². The molecule has 2 fully saturated rings. The van der Waals surface area contributed by atoms with Gasteiger partial charge in [-0.1, -0.05) is 12.8 Å². The van der Waals surface area contributed by atoms with E-state index in [-0.39, 0.29) is 6.10 Å². The van der Waals surface area contributed by atoms with Gasteiger partial charge in [0.15, 0.2) is 0 Å². The molecule has 14 heavy (non-hydrogen) atoms. The van der Waals surface area contributed by atoms with E-state index >= 15 is 0 Å². The van der Waals surface area contributed by atoms with Crippen LogP contribution >= 0.6 is 0 Å². The van der Waals surface area contributed by atoms with Gasteiger partial charge in [-0.2, -0.15) is 0 Å². The smallest absolute Gasteiger partial charge is 0.0607 e. The first kappa shape index (κ1) is 10.4. The summed E-state index contributed by atoms with van der Waals surface area (Å²) < 4.78 is 5.79. The van der Waals surface area contributed by atoms with Crippen LogP contribution in [0, 0.1) is 11.8 Å². The minimum absolute atomic E-state index is 0.0444.